The van der Waals surface area contributed by atoms with E-state index in [-0.39, 0.29) is 24.9 Å². The molecular weight excluding hydrogens is 237 g/mol. The maximum Gasteiger partial charge on any atom is 0.246 e. The summed E-state index contributed by atoms with van der Waals surface area (Å²) in [5, 5.41) is 5.94. The Bertz CT molecular complexity index is 406. The fourth-order valence-corrected chi connectivity index (χ4v) is 1.29. The first kappa shape index (κ1) is 11.8. The normalized spacial score (nSPS) is 16.9. The van der Waals surface area contributed by atoms with Gasteiger partial charge in [-0.05, 0) is 12.1 Å². The highest BCUT2D eigenvalue weighted by molar-refractivity contribution is 6.33. The molecule has 0 saturated carbocycles. The van der Waals surface area contributed by atoms with Gasteiger partial charge in [-0.15, -0.1) is 12.4 Å². The highest BCUT2D eigenvalue weighted by Crippen LogP contribution is 2.23. The lowest BCUT2D eigenvalue weighted by molar-refractivity contribution is -0.117. The van der Waals surface area contributed by atoms with Gasteiger partial charge in [0.05, 0.1) is 17.3 Å². The number of benzene rings is 1. The van der Waals surface area contributed by atoms with Crippen LogP contribution in [0.5, 0.6) is 0 Å². The minimum atomic E-state index is -0.0872. The van der Waals surface area contributed by atoms with Crippen molar-refractivity contribution in [2.45, 2.75) is 0 Å². The van der Waals surface area contributed by atoms with E-state index in [1.165, 1.54) is 0 Å². The number of aliphatic imine (C=N–C) groups is 1. The topological polar surface area (TPSA) is 53.5 Å². The van der Waals surface area contributed by atoms with Crippen LogP contribution in [-0.4, -0.2) is 18.4 Å². The molecule has 1 saturated heterocycles. The molecule has 0 radical (unpaired) electrons. The summed E-state index contributed by atoms with van der Waals surface area (Å²) in [6.07, 6.45) is 0. The van der Waals surface area contributed by atoms with Gasteiger partial charge in [-0.3, -0.25) is 10.1 Å². The average molecular weight is 246 g/mol. The summed E-state index contributed by atoms with van der Waals surface area (Å²) in [6, 6.07) is 7.19. The number of carbonyl (C=O) groups excluding carboxylic acids is 1. The lowest BCUT2D eigenvalue weighted by Gasteiger charge is -1.99. The molecule has 4 nitrogen and oxygen atoms in total. The van der Waals surface area contributed by atoms with Crippen molar-refractivity contribution in [1.29, 1.82) is 0 Å². The number of guanidine groups is 1. The van der Waals surface area contributed by atoms with Crippen molar-refractivity contribution in [3.8, 4) is 0 Å². The monoisotopic (exact) mass is 245 g/mol. The smallest absolute Gasteiger partial charge is 0.246 e. The Hall–Kier alpha value is -1.26. The van der Waals surface area contributed by atoms with Crippen LogP contribution in [0.15, 0.2) is 29.3 Å². The quantitative estimate of drug-likeness (QED) is 0.788. The Morgan fingerprint density at radius 1 is 1.33 bits per heavy atom. The Kier molecular flexibility index (Phi) is 3.94. The molecule has 2 rings (SSSR count). The number of carbonyl (C=O) groups is 1. The third-order valence-electron chi connectivity index (χ3n) is 1.76. The Morgan fingerprint density at radius 2 is 2.07 bits per heavy atom. The van der Waals surface area contributed by atoms with Crippen molar-refractivity contribution in [3.63, 3.8) is 0 Å². The summed E-state index contributed by atoms with van der Waals surface area (Å²) in [5.41, 5.74) is 0.638. The molecule has 0 aromatic heterocycles. The molecular formula is C9H9Cl2N3O. The van der Waals surface area contributed by atoms with E-state index in [0.717, 1.165) is 0 Å². The van der Waals surface area contributed by atoms with Gasteiger partial charge in [0.1, 0.15) is 0 Å². The van der Waals surface area contributed by atoms with Crippen molar-refractivity contribution in [3.05, 3.63) is 29.3 Å². The minimum Gasteiger partial charge on any atom is -0.347 e. The fourth-order valence-electron chi connectivity index (χ4n) is 1.11. The van der Waals surface area contributed by atoms with Gasteiger partial charge in [0.2, 0.25) is 11.9 Å². The summed E-state index contributed by atoms with van der Waals surface area (Å²) in [7, 11) is 0. The summed E-state index contributed by atoms with van der Waals surface area (Å²) in [5.74, 6) is 0.360. The maximum atomic E-state index is 10.8. The first-order chi connectivity index (χ1) is 6.75. The van der Waals surface area contributed by atoms with Crippen LogP contribution in [0, 0.1) is 0 Å². The first-order valence-electron chi connectivity index (χ1n) is 4.12. The van der Waals surface area contributed by atoms with E-state index in [4.69, 9.17) is 11.6 Å². The van der Waals surface area contributed by atoms with Crippen LogP contribution < -0.4 is 10.6 Å². The number of amides is 1. The molecule has 6 heteroatoms. The van der Waals surface area contributed by atoms with E-state index < -0.39 is 0 Å². The summed E-state index contributed by atoms with van der Waals surface area (Å²) in [6.45, 7) is 0.267. The van der Waals surface area contributed by atoms with Crippen LogP contribution in [0.3, 0.4) is 0 Å². The SMILES string of the molecule is Cl.O=C1CNC(=Nc2ccccc2Cl)N1. The van der Waals surface area contributed by atoms with Crippen molar-refractivity contribution in [2.24, 2.45) is 4.99 Å². The molecule has 2 N–H and O–H groups in total. The highest BCUT2D eigenvalue weighted by Gasteiger charge is 2.14. The number of halogens is 2. The second-order valence-corrected chi connectivity index (χ2v) is 3.22. The number of hydrogen-bond donors (Lipinski definition) is 2. The number of nitrogens with one attached hydrogen (secondary N) is 2. The van der Waals surface area contributed by atoms with E-state index in [0.29, 0.717) is 16.7 Å². The molecule has 0 unspecified atom stereocenters. The number of para-hydroxylation sites is 1. The second-order valence-electron chi connectivity index (χ2n) is 2.81. The zero-order chi connectivity index (χ0) is 9.97. The first-order valence-corrected chi connectivity index (χ1v) is 4.50. The second kappa shape index (κ2) is 5.00. The van der Waals surface area contributed by atoms with Gasteiger partial charge < -0.3 is 5.32 Å². The van der Waals surface area contributed by atoms with Crippen LogP contribution in [0.25, 0.3) is 0 Å². The predicted molar refractivity (Wildman–Crippen MR) is 61.9 cm³/mol. The van der Waals surface area contributed by atoms with Gasteiger partial charge >= 0.3 is 0 Å². The van der Waals surface area contributed by atoms with Crippen LogP contribution in [0.1, 0.15) is 0 Å². The van der Waals surface area contributed by atoms with Gasteiger partial charge in [0.15, 0.2) is 0 Å². The van der Waals surface area contributed by atoms with Gasteiger partial charge in [-0.25, -0.2) is 4.99 Å². The molecule has 0 spiro atoms. The largest absolute Gasteiger partial charge is 0.347 e. The molecule has 1 amide bonds. The molecule has 15 heavy (non-hydrogen) atoms. The van der Waals surface area contributed by atoms with Crippen molar-refractivity contribution >= 4 is 41.6 Å². The van der Waals surface area contributed by atoms with E-state index in [9.17, 15) is 4.79 Å². The number of hydrogen-bond acceptors (Lipinski definition) is 2. The summed E-state index contributed by atoms with van der Waals surface area (Å²) in [4.78, 5) is 15.0. The maximum absolute atomic E-state index is 10.8. The van der Waals surface area contributed by atoms with E-state index in [1.54, 1.807) is 12.1 Å². The molecule has 80 valence electrons. The third kappa shape index (κ3) is 2.84. The van der Waals surface area contributed by atoms with Gasteiger partial charge in [-0.2, -0.15) is 0 Å². The standard InChI is InChI=1S/C9H8ClN3O.ClH/c10-6-3-1-2-4-7(6)12-9-11-5-8(14)13-9;/h1-4H,5H2,(H2,11,12,13,14);1H. The zero-order valence-corrected chi connectivity index (χ0v) is 9.23. The molecule has 1 aromatic rings. The highest BCUT2D eigenvalue weighted by atomic mass is 35.5. The summed E-state index contributed by atoms with van der Waals surface area (Å²) < 4.78 is 0. The number of nitrogens with zero attached hydrogens (tertiary/aromatic N) is 1. The molecule has 1 aromatic carbocycles. The van der Waals surface area contributed by atoms with Crippen molar-refractivity contribution in [1.82, 2.24) is 10.6 Å². The Morgan fingerprint density at radius 3 is 2.67 bits per heavy atom. The number of rotatable bonds is 1. The van der Waals surface area contributed by atoms with E-state index >= 15 is 0 Å². The molecule has 0 aliphatic carbocycles. The Balaban J connectivity index is 0.00000112. The zero-order valence-electron chi connectivity index (χ0n) is 7.66. The van der Waals surface area contributed by atoms with Gasteiger partial charge in [0, 0.05) is 0 Å². The lowest BCUT2D eigenvalue weighted by Crippen LogP contribution is -2.24. The van der Waals surface area contributed by atoms with Crippen LogP contribution >= 0.6 is 24.0 Å². The van der Waals surface area contributed by atoms with E-state index in [1.807, 2.05) is 12.1 Å². The summed E-state index contributed by atoms with van der Waals surface area (Å²) >= 11 is 5.89. The van der Waals surface area contributed by atoms with Gasteiger partial charge in [0.25, 0.3) is 0 Å². The van der Waals surface area contributed by atoms with Crippen LogP contribution in [0.2, 0.25) is 5.02 Å². The van der Waals surface area contributed by atoms with Gasteiger partial charge in [-0.1, -0.05) is 23.7 Å². The average Bonchev–Trinajstić information content (AvgIpc) is 2.56. The van der Waals surface area contributed by atoms with Crippen LogP contribution in [-0.2, 0) is 4.79 Å². The van der Waals surface area contributed by atoms with E-state index in [2.05, 4.69) is 15.6 Å². The van der Waals surface area contributed by atoms with Crippen molar-refractivity contribution in [2.75, 3.05) is 6.54 Å². The lowest BCUT2D eigenvalue weighted by atomic mass is 10.3. The molecule has 0 bridgehead atoms. The van der Waals surface area contributed by atoms with Crippen molar-refractivity contribution < 1.29 is 4.79 Å². The molecule has 1 aliphatic rings. The molecule has 0 atom stereocenters. The Labute approximate surface area is 98.1 Å². The molecule has 1 aliphatic heterocycles. The molecule has 1 heterocycles. The predicted octanol–water partition coefficient (Wildman–Crippen LogP) is 1.47. The minimum absolute atomic E-state index is 0. The van der Waals surface area contributed by atoms with Crippen LogP contribution in [0.4, 0.5) is 5.69 Å². The molecule has 1 fully saturated rings. The fraction of sp³-hybridized carbons (Fsp3) is 0.111. The third-order valence-corrected chi connectivity index (χ3v) is 2.08.